The summed E-state index contributed by atoms with van der Waals surface area (Å²) < 4.78 is 7.07. The Morgan fingerprint density at radius 2 is 1.67 bits per heavy atom. The van der Waals surface area contributed by atoms with E-state index in [1.54, 1.807) is 11.8 Å². The maximum atomic E-state index is 13.4. The van der Waals surface area contributed by atoms with Crippen molar-refractivity contribution in [1.29, 1.82) is 0 Å². The smallest absolute Gasteiger partial charge is 0.328 e. The highest BCUT2D eigenvalue weighted by Crippen LogP contribution is 2.21. The minimum Gasteiger partial charge on any atom is -0.467 e. The van der Waals surface area contributed by atoms with Gasteiger partial charge in [0.05, 0.1) is 13.7 Å². The number of carbonyl (C=O) groups is 3. The van der Waals surface area contributed by atoms with Crippen LogP contribution in [0.5, 0.6) is 0 Å². The molecule has 2 N–H and O–H groups in total. The monoisotopic (exact) mass is 630 g/mol. The van der Waals surface area contributed by atoms with Crippen LogP contribution in [-0.4, -0.2) is 71.5 Å². The molecule has 0 radical (unpaired) electrons. The summed E-state index contributed by atoms with van der Waals surface area (Å²) in [7, 11) is 1.34. The van der Waals surface area contributed by atoms with Gasteiger partial charge in [-0.1, -0.05) is 80.9 Å². The van der Waals surface area contributed by atoms with E-state index in [0.29, 0.717) is 32.5 Å². The van der Waals surface area contributed by atoms with Crippen LogP contribution < -0.4 is 10.6 Å². The lowest BCUT2D eigenvalue weighted by Gasteiger charge is -2.32. The number of benzene rings is 3. The number of fused-ring (bicyclic) bond motifs is 2. The molecule has 3 atom stereocenters. The molecule has 2 amide bonds. The zero-order chi connectivity index (χ0) is 32.2. The van der Waals surface area contributed by atoms with E-state index in [4.69, 9.17) is 4.74 Å². The zero-order valence-corrected chi connectivity index (χ0v) is 27.6. The lowest BCUT2D eigenvalue weighted by molar-refractivity contribution is -0.145. The summed E-state index contributed by atoms with van der Waals surface area (Å²) >= 11 is 1.61. The van der Waals surface area contributed by atoms with Crippen LogP contribution in [0.25, 0.3) is 21.7 Å². The molecule has 0 aliphatic rings. The molecular weight excluding hydrogens is 584 g/mol. The number of amides is 2. The van der Waals surface area contributed by atoms with Gasteiger partial charge in [0.1, 0.15) is 6.04 Å². The predicted molar refractivity (Wildman–Crippen MR) is 184 cm³/mol. The van der Waals surface area contributed by atoms with Crippen LogP contribution in [0.4, 0.5) is 0 Å². The van der Waals surface area contributed by atoms with Gasteiger partial charge in [-0.3, -0.25) is 14.5 Å². The Labute approximate surface area is 270 Å². The quantitative estimate of drug-likeness (QED) is 0.147. The number of esters is 1. The van der Waals surface area contributed by atoms with E-state index in [-0.39, 0.29) is 30.3 Å². The van der Waals surface area contributed by atoms with Crippen molar-refractivity contribution in [2.24, 2.45) is 5.92 Å². The third-order valence-electron chi connectivity index (χ3n) is 8.46. The first kappa shape index (κ1) is 34.1. The van der Waals surface area contributed by atoms with Gasteiger partial charge in [-0.2, -0.15) is 11.8 Å². The van der Waals surface area contributed by atoms with E-state index in [2.05, 4.69) is 76.4 Å². The SMILES string of the molecule is CC[C@H](C)[C@@H](CN(CC(=O)N[C@@H](CCSC)C(=O)OC)Cc1cccc2ccccc12)NC(=O)CCn1ccc2ccccc21. The third kappa shape index (κ3) is 9.58. The van der Waals surface area contributed by atoms with Crippen LogP contribution in [0.2, 0.25) is 0 Å². The Balaban J connectivity index is 1.51. The second-order valence-electron chi connectivity index (χ2n) is 11.6. The van der Waals surface area contributed by atoms with Crippen molar-refractivity contribution in [2.45, 2.75) is 58.3 Å². The number of nitrogens with one attached hydrogen (secondary N) is 2. The van der Waals surface area contributed by atoms with E-state index < -0.39 is 12.0 Å². The Kier molecular flexibility index (Phi) is 12.9. The van der Waals surface area contributed by atoms with Gasteiger partial charge in [0, 0.05) is 43.8 Å². The molecule has 1 aromatic heterocycles. The second-order valence-corrected chi connectivity index (χ2v) is 12.6. The summed E-state index contributed by atoms with van der Waals surface area (Å²) in [6.45, 7) is 5.91. The average Bonchev–Trinajstić information content (AvgIpc) is 3.47. The van der Waals surface area contributed by atoms with E-state index in [9.17, 15) is 14.4 Å². The molecule has 0 spiro atoms. The lowest BCUT2D eigenvalue weighted by Crippen LogP contribution is -2.51. The average molecular weight is 631 g/mol. The number of aromatic nitrogens is 1. The summed E-state index contributed by atoms with van der Waals surface area (Å²) in [4.78, 5) is 41.2. The number of ether oxygens (including phenoxy) is 1. The van der Waals surface area contributed by atoms with Crippen LogP contribution in [-0.2, 0) is 32.2 Å². The molecule has 1 heterocycles. The highest BCUT2D eigenvalue weighted by molar-refractivity contribution is 7.98. The number of rotatable bonds is 17. The fourth-order valence-corrected chi connectivity index (χ4v) is 6.16. The number of aryl methyl sites for hydroxylation is 1. The molecule has 0 aliphatic carbocycles. The molecule has 0 aliphatic heterocycles. The first-order chi connectivity index (χ1) is 21.8. The molecule has 4 rings (SSSR count). The molecule has 0 unspecified atom stereocenters. The number of thioether (sulfide) groups is 1. The van der Waals surface area contributed by atoms with Crippen molar-refractivity contribution in [3.05, 3.63) is 84.6 Å². The number of carbonyl (C=O) groups excluding carboxylic acids is 3. The van der Waals surface area contributed by atoms with Crippen LogP contribution in [0.3, 0.4) is 0 Å². The fourth-order valence-electron chi connectivity index (χ4n) is 5.69. The lowest BCUT2D eigenvalue weighted by atomic mass is 9.97. The van der Waals surface area contributed by atoms with E-state index in [1.165, 1.54) is 7.11 Å². The second kappa shape index (κ2) is 17.0. The number of nitrogens with zero attached hydrogens (tertiary/aromatic N) is 2. The maximum Gasteiger partial charge on any atom is 0.328 e. The maximum absolute atomic E-state index is 13.4. The van der Waals surface area contributed by atoms with Gasteiger partial charge < -0.3 is 19.9 Å². The standard InChI is InChI=1S/C36H46N4O4S/c1-5-26(2)32(38-34(41)18-21-40-20-17-28-12-7-9-16-33(28)40)24-39(23-29-14-10-13-27-11-6-8-15-30(27)29)25-35(42)37-31(19-22-45-4)36(43)44-3/h6-17,20,26,31-32H,5,18-19,21-25H2,1-4H3,(H,37,42)(H,38,41)/t26-,31-,32+/m0/s1. The molecule has 9 heteroatoms. The van der Waals surface area contributed by atoms with Crippen LogP contribution in [0, 0.1) is 5.92 Å². The fraction of sp³-hybridized carbons (Fsp3) is 0.417. The molecule has 0 bridgehead atoms. The summed E-state index contributed by atoms with van der Waals surface area (Å²) in [5.41, 5.74) is 2.21. The molecule has 240 valence electrons. The van der Waals surface area contributed by atoms with Crippen LogP contribution in [0.1, 0.15) is 38.7 Å². The van der Waals surface area contributed by atoms with E-state index >= 15 is 0 Å². The minimum absolute atomic E-state index is 0.0181. The van der Waals surface area contributed by atoms with Crippen molar-refractivity contribution in [2.75, 3.05) is 32.2 Å². The van der Waals surface area contributed by atoms with Crippen molar-refractivity contribution in [3.8, 4) is 0 Å². The number of methoxy groups -OCH3 is 1. The van der Waals surface area contributed by atoms with Gasteiger partial charge in [0.25, 0.3) is 0 Å². The first-order valence-corrected chi connectivity index (χ1v) is 17.1. The van der Waals surface area contributed by atoms with Gasteiger partial charge in [-0.15, -0.1) is 0 Å². The van der Waals surface area contributed by atoms with Crippen LogP contribution in [0.15, 0.2) is 79.0 Å². The number of para-hydroxylation sites is 1. The summed E-state index contributed by atoms with van der Waals surface area (Å²) in [6.07, 6.45) is 5.71. The molecular formula is C36H46N4O4S. The summed E-state index contributed by atoms with van der Waals surface area (Å²) in [5.74, 6) is 0.193. The van der Waals surface area contributed by atoms with Gasteiger partial charge >= 0.3 is 5.97 Å². The number of hydrogen-bond acceptors (Lipinski definition) is 6. The molecule has 0 saturated carbocycles. The molecule has 4 aromatic rings. The van der Waals surface area contributed by atoms with Gasteiger partial charge in [-0.25, -0.2) is 4.79 Å². The van der Waals surface area contributed by atoms with Crippen molar-refractivity contribution in [3.63, 3.8) is 0 Å². The highest BCUT2D eigenvalue weighted by atomic mass is 32.2. The molecule has 0 fully saturated rings. The molecule has 45 heavy (non-hydrogen) atoms. The normalized spacial score (nSPS) is 13.4. The van der Waals surface area contributed by atoms with Crippen LogP contribution >= 0.6 is 11.8 Å². The Morgan fingerprint density at radius 3 is 2.42 bits per heavy atom. The molecule has 3 aromatic carbocycles. The topological polar surface area (TPSA) is 92.7 Å². The van der Waals surface area contributed by atoms with E-state index in [0.717, 1.165) is 39.4 Å². The molecule has 8 nitrogen and oxygen atoms in total. The van der Waals surface area contributed by atoms with Crippen molar-refractivity contribution in [1.82, 2.24) is 20.1 Å². The Hall–Kier alpha value is -3.82. The minimum atomic E-state index is -0.704. The predicted octanol–water partition coefficient (Wildman–Crippen LogP) is 5.63. The van der Waals surface area contributed by atoms with Gasteiger partial charge in [0.2, 0.25) is 11.8 Å². The van der Waals surface area contributed by atoms with Crippen molar-refractivity contribution < 1.29 is 19.1 Å². The summed E-state index contributed by atoms with van der Waals surface area (Å²) in [5, 5.41) is 9.61. The molecule has 0 saturated heterocycles. The largest absolute Gasteiger partial charge is 0.467 e. The summed E-state index contributed by atoms with van der Waals surface area (Å²) in [6, 6.07) is 23.8. The Morgan fingerprint density at radius 1 is 0.933 bits per heavy atom. The van der Waals surface area contributed by atoms with Gasteiger partial charge in [-0.05, 0) is 58.2 Å². The highest BCUT2D eigenvalue weighted by Gasteiger charge is 2.26. The third-order valence-corrected chi connectivity index (χ3v) is 9.11. The van der Waals surface area contributed by atoms with E-state index in [1.807, 2.05) is 42.8 Å². The Bertz CT molecular complexity index is 1570. The first-order valence-electron chi connectivity index (χ1n) is 15.7. The zero-order valence-electron chi connectivity index (χ0n) is 26.8. The van der Waals surface area contributed by atoms with Crippen molar-refractivity contribution >= 4 is 51.2 Å². The number of hydrogen-bond donors (Lipinski definition) is 2. The van der Waals surface area contributed by atoms with Gasteiger partial charge in [0.15, 0.2) is 0 Å².